The van der Waals surface area contributed by atoms with Gasteiger partial charge in [-0.2, -0.15) is 0 Å². The normalized spacial score (nSPS) is 10.9. The van der Waals surface area contributed by atoms with Crippen LogP contribution in [0, 0.1) is 0 Å². The zero-order valence-corrected chi connectivity index (χ0v) is 13.7. The monoisotopic (exact) mass is 324 g/mol. The number of nitrogens with zero attached hydrogens (tertiary/aromatic N) is 2. The first-order chi connectivity index (χ1) is 9.90. The summed E-state index contributed by atoms with van der Waals surface area (Å²) in [4.78, 5) is 18.0. The van der Waals surface area contributed by atoms with Gasteiger partial charge in [0.1, 0.15) is 4.88 Å². The maximum absolute atomic E-state index is 11.3. The number of aromatic nitrogens is 1. The number of halogens is 1. The summed E-state index contributed by atoms with van der Waals surface area (Å²) < 4.78 is 0. The summed E-state index contributed by atoms with van der Waals surface area (Å²) in [6.07, 6.45) is 0. The van der Waals surface area contributed by atoms with Gasteiger partial charge < -0.3 is 10.0 Å². The molecule has 2 rings (SSSR count). The van der Waals surface area contributed by atoms with Crippen LogP contribution in [0.15, 0.2) is 24.3 Å². The Morgan fingerprint density at radius 1 is 1.43 bits per heavy atom. The summed E-state index contributed by atoms with van der Waals surface area (Å²) in [6.45, 7) is 4.47. The van der Waals surface area contributed by atoms with Crippen LogP contribution in [0.1, 0.15) is 40.7 Å². The number of aromatic carboxylic acids is 1. The van der Waals surface area contributed by atoms with Gasteiger partial charge in [0.05, 0.1) is 5.69 Å². The minimum absolute atomic E-state index is 0.0785. The third kappa shape index (κ3) is 3.54. The number of carboxylic acid groups (broad SMARTS) is 1. The minimum atomic E-state index is -0.923. The molecule has 1 aromatic carbocycles. The van der Waals surface area contributed by atoms with Crippen molar-refractivity contribution in [1.29, 1.82) is 0 Å². The highest BCUT2D eigenvalue weighted by Gasteiger charge is 2.21. The third-order valence-electron chi connectivity index (χ3n) is 3.08. The lowest BCUT2D eigenvalue weighted by atomic mass is 10.1. The Hall–Kier alpha value is -1.59. The molecular formula is C15H17ClN2O2S. The van der Waals surface area contributed by atoms with Gasteiger partial charge in [0.25, 0.3) is 0 Å². The average molecular weight is 325 g/mol. The standard InChI is InChI=1S/C15H17ClN2O2S/c1-9(2)12-13(14(19)20)21-15(17-12)18(3)8-10-6-4-5-7-11(10)16/h4-7,9H,8H2,1-3H3,(H,19,20). The first kappa shape index (κ1) is 15.8. The quantitative estimate of drug-likeness (QED) is 0.893. The summed E-state index contributed by atoms with van der Waals surface area (Å²) in [7, 11) is 1.89. The van der Waals surface area contributed by atoms with Crippen LogP contribution in [0.3, 0.4) is 0 Å². The van der Waals surface area contributed by atoms with E-state index in [-0.39, 0.29) is 5.92 Å². The van der Waals surface area contributed by atoms with Gasteiger partial charge in [0.2, 0.25) is 0 Å². The highest BCUT2D eigenvalue weighted by atomic mass is 35.5. The molecule has 1 aromatic heterocycles. The van der Waals surface area contributed by atoms with Crippen LogP contribution in [0.2, 0.25) is 5.02 Å². The maximum atomic E-state index is 11.3. The second-order valence-electron chi connectivity index (χ2n) is 5.12. The fraction of sp³-hybridized carbons (Fsp3) is 0.333. The third-order valence-corrected chi connectivity index (χ3v) is 4.62. The predicted octanol–water partition coefficient (Wildman–Crippen LogP) is 4.25. The van der Waals surface area contributed by atoms with Gasteiger partial charge in [-0.05, 0) is 17.5 Å². The molecule has 4 nitrogen and oxygen atoms in total. The summed E-state index contributed by atoms with van der Waals surface area (Å²) in [5, 5.41) is 10.7. The van der Waals surface area contributed by atoms with Crippen LogP contribution >= 0.6 is 22.9 Å². The lowest BCUT2D eigenvalue weighted by molar-refractivity contribution is 0.0700. The Morgan fingerprint density at radius 3 is 2.62 bits per heavy atom. The smallest absolute Gasteiger partial charge is 0.347 e. The molecule has 1 heterocycles. The van der Waals surface area contributed by atoms with Crippen molar-refractivity contribution in [3.05, 3.63) is 45.4 Å². The Kier molecular flexibility index (Phi) is 4.85. The molecule has 0 aliphatic heterocycles. The van der Waals surface area contributed by atoms with Gasteiger partial charge in [-0.3, -0.25) is 0 Å². The molecule has 0 aliphatic carbocycles. The molecule has 0 atom stereocenters. The van der Waals surface area contributed by atoms with Crippen LogP contribution in [-0.2, 0) is 6.54 Å². The fourth-order valence-corrected chi connectivity index (χ4v) is 3.19. The molecule has 0 aliphatic rings. The molecule has 21 heavy (non-hydrogen) atoms. The number of thiazole rings is 1. The average Bonchev–Trinajstić information content (AvgIpc) is 2.87. The van der Waals surface area contributed by atoms with Crippen LogP contribution in [0.5, 0.6) is 0 Å². The van der Waals surface area contributed by atoms with Gasteiger partial charge in [0.15, 0.2) is 5.13 Å². The van der Waals surface area contributed by atoms with E-state index in [0.717, 1.165) is 5.56 Å². The first-order valence-corrected chi connectivity index (χ1v) is 7.78. The molecular weight excluding hydrogens is 308 g/mol. The van der Waals surface area contributed by atoms with E-state index in [0.29, 0.717) is 27.3 Å². The van der Waals surface area contributed by atoms with Gasteiger partial charge in [-0.25, -0.2) is 9.78 Å². The Balaban J connectivity index is 2.27. The highest BCUT2D eigenvalue weighted by molar-refractivity contribution is 7.17. The van der Waals surface area contributed by atoms with Crippen LogP contribution < -0.4 is 4.90 Å². The Labute approximate surface area is 133 Å². The number of rotatable bonds is 5. The Morgan fingerprint density at radius 2 is 2.10 bits per heavy atom. The largest absolute Gasteiger partial charge is 0.477 e. The van der Waals surface area contributed by atoms with Crippen LogP contribution in [0.25, 0.3) is 0 Å². The summed E-state index contributed by atoms with van der Waals surface area (Å²) in [5.41, 5.74) is 1.62. The molecule has 6 heteroatoms. The van der Waals surface area contributed by atoms with E-state index in [2.05, 4.69) is 4.98 Å². The molecule has 0 fully saturated rings. The number of carboxylic acids is 1. The van der Waals surface area contributed by atoms with Crippen molar-refractivity contribution in [3.8, 4) is 0 Å². The zero-order valence-electron chi connectivity index (χ0n) is 12.1. The Bertz CT molecular complexity index is 655. The van der Waals surface area contributed by atoms with Crippen molar-refractivity contribution >= 4 is 34.0 Å². The number of hydrogen-bond donors (Lipinski definition) is 1. The maximum Gasteiger partial charge on any atom is 0.347 e. The second-order valence-corrected chi connectivity index (χ2v) is 6.50. The van der Waals surface area contributed by atoms with E-state index in [1.807, 2.05) is 50.1 Å². The molecule has 0 unspecified atom stereocenters. The zero-order chi connectivity index (χ0) is 15.6. The topological polar surface area (TPSA) is 53.4 Å². The predicted molar refractivity (Wildman–Crippen MR) is 86.7 cm³/mol. The number of carbonyl (C=O) groups is 1. The number of hydrogen-bond acceptors (Lipinski definition) is 4. The van der Waals surface area contributed by atoms with E-state index < -0.39 is 5.97 Å². The SMILES string of the molecule is CC(C)c1nc(N(C)Cc2ccccc2Cl)sc1C(=O)O. The van der Waals surface area contributed by atoms with Crippen molar-refractivity contribution in [3.63, 3.8) is 0 Å². The van der Waals surface area contributed by atoms with Crippen molar-refractivity contribution < 1.29 is 9.90 Å². The molecule has 0 amide bonds. The van der Waals surface area contributed by atoms with Crippen molar-refractivity contribution in [2.45, 2.75) is 26.3 Å². The lowest BCUT2D eigenvalue weighted by Gasteiger charge is -2.16. The van der Waals surface area contributed by atoms with Crippen molar-refractivity contribution in [1.82, 2.24) is 4.98 Å². The summed E-state index contributed by atoms with van der Waals surface area (Å²) >= 11 is 7.36. The van der Waals surface area contributed by atoms with E-state index in [1.165, 1.54) is 11.3 Å². The van der Waals surface area contributed by atoms with Gasteiger partial charge in [-0.15, -0.1) is 0 Å². The van der Waals surface area contributed by atoms with E-state index >= 15 is 0 Å². The van der Waals surface area contributed by atoms with E-state index in [9.17, 15) is 9.90 Å². The molecule has 1 N–H and O–H groups in total. The van der Waals surface area contributed by atoms with Crippen molar-refractivity contribution in [2.24, 2.45) is 0 Å². The molecule has 0 bridgehead atoms. The van der Waals surface area contributed by atoms with Gasteiger partial charge >= 0.3 is 5.97 Å². The molecule has 0 radical (unpaired) electrons. The fourth-order valence-electron chi connectivity index (χ4n) is 1.98. The van der Waals surface area contributed by atoms with E-state index in [4.69, 9.17) is 11.6 Å². The molecule has 2 aromatic rings. The van der Waals surface area contributed by atoms with E-state index in [1.54, 1.807) is 0 Å². The van der Waals surface area contributed by atoms with Crippen LogP contribution in [-0.4, -0.2) is 23.1 Å². The lowest BCUT2D eigenvalue weighted by Crippen LogP contribution is -2.16. The highest BCUT2D eigenvalue weighted by Crippen LogP contribution is 2.31. The summed E-state index contributed by atoms with van der Waals surface area (Å²) in [6, 6.07) is 7.61. The van der Waals surface area contributed by atoms with Crippen LogP contribution in [0.4, 0.5) is 5.13 Å². The summed E-state index contributed by atoms with van der Waals surface area (Å²) in [5.74, 6) is -0.844. The molecule has 0 spiro atoms. The molecule has 112 valence electrons. The molecule has 0 saturated heterocycles. The number of anilines is 1. The second kappa shape index (κ2) is 6.45. The number of benzene rings is 1. The first-order valence-electron chi connectivity index (χ1n) is 6.58. The van der Waals surface area contributed by atoms with Gasteiger partial charge in [-0.1, -0.05) is 55.0 Å². The van der Waals surface area contributed by atoms with Gasteiger partial charge in [0, 0.05) is 18.6 Å². The minimum Gasteiger partial charge on any atom is -0.477 e. The molecule has 0 saturated carbocycles. The van der Waals surface area contributed by atoms with Crippen molar-refractivity contribution in [2.75, 3.05) is 11.9 Å².